The van der Waals surface area contributed by atoms with Crippen molar-refractivity contribution in [3.05, 3.63) is 53.3 Å². The molecule has 3 N–H and O–H groups in total. The molecule has 1 saturated carbocycles. The second-order valence-corrected chi connectivity index (χ2v) is 10.2. The zero-order valence-electron chi connectivity index (χ0n) is 19.6. The van der Waals surface area contributed by atoms with Gasteiger partial charge in [0.2, 0.25) is 0 Å². The van der Waals surface area contributed by atoms with Gasteiger partial charge in [-0.2, -0.15) is 0 Å². The van der Waals surface area contributed by atoms with E-state index in [4.69, 9.17) is 4.98 Å². The third-order valence-corrected chi connectivity index (χ3v) is 7.43. The maximum absolute atomic E-state index is 14.9. The van der Waals surface area contributed by atoms with Crippen molar-refractivity contribution >= 4 is 18.3 Å². The maximum atomic E-state index is 14.9. The summed E-state index contributed by atoms with van der Waals surface area (Å²) < 4.78 is 27.2. The summed E-state index contributed by atoms with van der Waals surface area (Å²) in [5.41, 5.74) is 3.24. The third kappa shape index (κ3) is 4.98. The van der Waals surface area contributed by atoms with E-state index in [9.17, 15) is 18.8 Å². The molecule has 1 aromatic heterocycles. The number of anilines is 1. The number of likely N-dealkylation sites (tertiary alicyclic amines) is 1. The summed E-state index contributed by atoms with van der Waals surface area (Å²) in [6, 6.07) is 9.79. The Bertz CT molecular complexity index is 999. The van der Waals surface area contributed by atoms with E-state index in [-0.39, 0.29) is 18.8 Å². The van der Waals surface area contributed by atoms with Crippen LogP contribution < -0.4 is 10.8 Å². The molecule has 2 aromatic rings. The molecule has 182 valence electrons. The molecule has 0 amide bonds. The van der Waals surface area contributed by atoms with Crippen molar-refractivity contribution in [1.29, 1.82) is 0 Å². The first-order valence-electron chi connectivity index (χ1n) is 12.3. The van der Waals surface area contributed by atoms with E-state index >= 15 is 0 Å². The summed E-state index contributed by atoms with van der Waals surface area (Å²) in [5.74, 6) is 0. The largest absolute Gasteiger partial charge is 0.488 e. The Morgan fingerprint density at radius 3 is 2.65 bits per heavy atom. The molecular formula is C25H33BF2N4O2. The summed E-state index contributed by atoms with van der Waals surface area (Å²) >= 11 is 0. The monoisotopic (exact) mass is 470 g/mol. The molecule has 5 rings (SSSR count). The molecule has 0 radical (unpaired) electrons. The van der Waals surface area contributed by atoms with Gasteiger partial charge in [-0.3, -0.25) is 19.2 Å². The average molecular weight is 470 g/mol. The number of nitrogens with zero attached hydrogens (tertiary/aromatic N) is 3. The van der Waals surface area contributed by atoms with Crippen LogP contribution in [0.4, 0.5) is 14.5 Å². The van der Waals surface area contributed by atoms with Crippen molar-refractivity contribution in [2.75, 3.05) is 38.2 Å². The van der Waals surface area contributed by atoms with Gasteiger partial charge in [0.05, 0.1) is 36.3 Å². The van der Waals surface area contributed by atoms with Crippen LogP contribution >= 0.6 is 0 Å². The lowest BCUT2D eigenvalue weighted by Gasteiger charge is -2.42. The van der Waals surface area contributed by atoms with E-state index in [0.29, 0.717) is 37.3 Å². The molecule has 6 nitrogen and oxygen atoms in total. The number of alkyl halides is 2. The highest BCUT2D eigenvalue weighted by Crippen LogP contribution is 2.45. The molecule has 1 aromatic carbocycles. The van der Waals surface area contributed by atoms with Crippen LogP contribution in [0, 0.1) is 0 Å². The Kier molecular flexibility index (Phi) is 6.63. The predicted molar refractivity (Wildman–Crippen MR) is 130 cm³/mol. The smallest absolute Gasteiger partial charge is 0.423 e. The van der Waals surface area contributed by atoms with Gasteiger partial charge in [0, 0.05) is 32.2 Å². The summed E-state index contributed by atoms with van der Waals surface area (Å²) in [6.07, 6.45) is 4.35. The topological polar surface area (TPSA) is 71.9 Å². The highest BCUT2D eigenvalue weighted by atomic mass is 19.1. The lowest BCUT2D eigenvalue weighted by atomic mass is 9.76. The number of fused-ring (bicyclic) bond motifs is 1. The highest BCUT2D eigenvalue weighted by Gasteiger charge is 2.48. The molecule has 0 bridgehead atoms. The van der Waals surface area contributed by atoms with Crippen LogP contribution in [-0.2, 0) is 6.42 Å². The van der Waals surface area contributed by atoms with E-state index < -0.39 is 12.8 Å². The molecule has 1 aliphatic carbocycles. The van der Waals surface area contributed by atoms with Crippen LogP contribution in [0.3, 0.4) is 0 Å². The van der Waals surface area contributed by atoms with Gasteiger partial charge in [-0.15, -0.1) is 0 Å². The molecule has 0 spiro atoms. The lowest BCUT2D eigenvalue weighted by molar-refractivity contribution is 0.0965. The number of nitrogens with one attached hydrogen (secondary N) is 1. The van der Waals surface area contributed by atoms with Crippen LogP contribution in [0.25, 0.3) is 0 Å². The first kappa shape index (κ1) is 23.7. The number of pyridine rings is 1. The number of aromatic nitrogens is 1. The van der Waals surface area contributed by atoms with Crippen LogP contribution in [0.15, 0.2) is 36.5 Å². The normalized spacial score (nSPS) is 24.4. The van der Waals surface area contributed by atoms with Crippen molar-refractivity contribution in [2.45, 2.75) is 56.4 Å². The van der Waals surface area contributed by atoms with Crippen molar-refractivity contribution in [2.24, 2.45) is 0 Å². The van der Waals surface area contributed by atoms with E-state index in [2.05, 4.69) is 22.0 Å². The fourth-order valence-corrected chi connectivity index (χ4v) is 5.31. The zero-order valence-corrected chi connectivity index (χ0v) is 19.6. The minimum Gasteiger partial charge on any atom is -0.423 e. The Morgan fingerprint density at radius 2 is 2.00 bits per heavy atom. The SMILES string of the molecule is C[C@@H]1Cc2cc(B(O)O)ccc2C(c2ccc(NC3CN(CCCF)C3)cn2)N1CC1(F)CC1. The fourth-order valence-electron chi connectivity index (χ4n) is 5.31. The molecular weight excluding hydrogens is 437 g/mol. The van der Waals surface area contributed by atoms with Gasteiger partial charge in [0.15, 0.2) is 0 Å². The van der Waals surface area contributed by atoms with Crippen LogP contribution in [0.1, 0.15) is 49.0 Å². The second-order valence-electron chi connectivity index (χ2n) is 10.2. The number of hydrogen-bond donors (Lipinski definition) is 3. The number of rotatable bonds is 9. The first-order chi connectivity index (χ1) is 16.3. The Labute approximate surface area is 200 Å². The van der Waals surface area contributed by atoms with Gasteiger partial charge >= 0.3 is 7.12 Å². The summed E-state index contributed by atoms with van der Waals surface area (Å²) in [6.45, 7) is 4.81. The van der Waals surface area contributed by atoms with Crippen LogP contribution in [-0.4, -0.2) is 82.6 Å². The molecule has 3 heterocycles. The fraction of sp³-hybridized carbons (Fsp3) is 0.560. The quantitative estimate of drug-likeness (QED) is 0.488. The summed E-state index contributed by atoms with van der Waals surface area (Å²) in [5, 5.41) is 22.8. The molecule has 2 atom stereocenters. The first-order valence-corrected chi connectivity index (χ1v) is 12.3. The molecule has 9 heteroatoms. The molecule has 2 fully saturated rings. The summed E-state index contributed by atoms with van der Waals surface area (Å²) in [7, 11) is -1.51. The van der Waals surface area contributed by atoms with Crippen LogP contribution in [0.5, 0.6) is 0 Å². The van der Waals surface area contributed by atoms with Gasteiger partial charge in [0.1, 0.15) is 5.67 Å². The van der Waals surface area contributed by atoms with Gasteiger partial charge < -0.3 is 15.4 Å². The van der Waals surface area contributed by atoms with Crippen molar-refractivity contribution in [3.63, 3.8) is 0 Å². The average Bonchev–Trinajstić information content (AvgIpc) is 3.52. The van der Waals surface area contributed by atoms with Gasteiger partial charge in [0.25, 0.3) is 0 Å². The minimum atomic E-state index is -1.51. The van der Waals surface area contributed by atoms with Crippen molar-refractivity contribution in [3.8, 4) is 0 Å². The van der Waals surface area contributed by atoms with Crippen molar-refractivity contribution in [1.82, 2.24) is 14.8 Å². The van der Waals surface area contributed by atoms with Crippen LogP contribution in [0.2, 0.25) is 0 Å². The summed E-state index contributed by atoms with van der Waals surface area (Å²) in [4.78, 5) is 9.24. The van der Waals surface area contributed by atoms with Gasteiger partial charge in [-0.25, -0.2) is 4.39 Å². The second kappa shape index (κ2) is 9.53. The number of benzene rings is 1. The number of halogens is 2. The Morgan fingerprint density at radius 1 is 1.21 bits per heavy atom. The van der Waals surface area contributed by atoms with E-state index in [1.54, 1.807) is 6.07 Å². The van der Waals surface area contributed by atoms with Crippen molar-refractivity contribution < 1.29 is 18.8 Å². The van der Waals surface area contributed by atoms with Gasteiger partial charge in [-0.05, 0) is 61.3 Å². The van der Waals surface area contributed by atoms with E-state index in [1.807, 2.05) is 30.5 Å². The molecule has 3 aliphatic rings. The molecule has 2 aliphatic heterocycles. The zero-order chi connectivity index (χ0) is 23.9. The standard InChI is InChI=1S/C25H33BF2N4O2/c1-17-11-18-12-19(26(33)34)3-5-22(18)24(32(17)16-25(28)7-8-25)23-6-4-20(13-29-23)30-21-14-31(15-21)10-2-9-27/h3-6,12-13,17,21,24,30,33-34H,2,7-11,14-16H2,1H3/t17-,24?/m1/s1. The maximum Gasteiger partial charge on any atom is 0.488 e. The predicted octanol–water partition coefficient (Wildman–Crippen LogP) is 2.06. The van der Waals surface area contributed by atoms with Gasteiger partial charge in [-0.1, -0.05) is 18.2 Å². The highest BCUT2D eigenvalue weighted by molar-refractivity contribution is 6.58. The number of hydrogen-bond acceptors (Lipinski definition) is 6. The lowest BCUT2D eigenvalue weighted by Crippen LogP contribution is -2.54. The third-order valence-electron chi connectivity index (χ3n) is 7.43. The molecule has 1 saturated heterocycles. The minimum absolute atomic E-state index is 0.0988. The Hall–Kier alpha value is -2.07. The molecule has 34 heavy (non-hydrogen) atoms. The van der Waals surface area contributed by atoms with E-state index in [0.717, 1.165) is 48.6 Å². The Balaban J connectivity index is 1.36. The molecule has 1 unspecified atom stereocenters. The van der Waals surface area contributed by atoms with E-state index in [1.165, 1.54) is 0 Å².